The van der Waals surface area contributed by atoms with E-state index in [0.29, 0.717) is 0 Å². The number of aryl methyl sites for hydroxylation is 4. The van der Waals surface area contributed by atoms with Gasteiger partial charge in [0.2, 0.25) is 0 Å². The number of H-pyrrole nitrogens is 1. The Bertz CT molecular complexity index is 426. The molecule has 0 aliphatic heterocycles. The number of nitrogens with one attached hydrogen (secondary N) is 1. The summed E-state index contributed by atoms with van der Waals surface area (Å²) in [6, 6.07) is 6.41. The summed E-state index contributed by atoms with van der Waals surface area (Å²) >= 11 is 0. The largest absolute Gasteiger partial charge is 0.469 e. The highest BCUT2D eigenvalue weighted by atomic mass is 16.3. The van der Waals surface area contributed by atoms with Crippen molar-refractivity contribution in [3.63, 3.8) is 0 Å². The predicted molar refractivity (Wildman–Crippen MR) is 72.4 cm³/mol. The maximum Gasteiger partial charge on any atom is 0.103 e. The second-order valence-electron chi connectivity index (χ2n) is 3.94. The number of aromatic nitrogens is 1. The van der Waals surface area contributed by atoms with Crippen molar-refractivity contribution in [2.24, 2.45) is 0 Å². The van der Waals surface area contributed by atoms with Gasteiger partial charge in [-0.05, 0) is 43.5 Å². The lowest BCUT2D eigenvalue weighted by atomic mass is 10.1. The number of furan rings is 1. The van der Waals surface area contributed by atoms with Crippen LogP contribution in [0.2, 0.25) is 0 Å². The molecule has 0 atom stereocenters. The Morgan fingerprint density at radius 2 is 1.94 bits per heavy atom. The van der Waals surface area contributed by atoms with E-state index in [1.54, 1.807) is 0 Å². The van der Waals surface area contributed by atoms with E-state index < -0.39 is 0 Å². The quantitative estimate of drug-likeness (QED) is 0.838. The van der Waals surface area contributed by atoms with E-state index in [4.69, 9.17) is 4.42 Å². The van der Waals surface area contributed by atoms with Gasteiger partial charge in [0.05, 0.1) is 6.26 Å². The van der Waals surface area contributed by atoms with Crippen molar-refractivity contribution < 1.29 is 4.42 Å². The van der Waals surface area contributed by atoms with Crippen LogP contribution in [0.5, 0.6) is 0 Å². The summed E-state index contributed by atoms with van der Waals surface area (Å²) in [6.07, 6.45) is 4.94. The van der Waals surface area contributed by atoms with Gasteiger partial charge in [-0.15, -0.1) is 0 Å². The van der Waals surface area contributed by atoms with E-state index in [0.717, 1.165) is 25.0 Å². The zero-order valence-corrected chi connectivity index (χ0v) is 11.3. The molecule has 0 saturated carbocycles. The third-order valence-corrected chi connectivity index (χ3v) is 2.63. The Kier molecular flexibility index (Phi) is 5.61. The van der Waals surface area contributed by atoms with E-state index in [9.17, 15) is 0 Å². The molecule has 0 spiro atoms. The van der Waals surface area contributed by atoms with Crippen LogP contribution in [-0.2, 0) is 19.3 Å². The summed E-state index contributed by atoms with van der Waals surface area (Å²) in [5.41, 5.74) is 3.82. The van der Waals surface area contributed by atoms with Crippen LogP contribution in [0.15, 0.2) is 28.9 Å². The van der Waals surface area contributed by atoms with Gasteiger partial charge in [0.15, 0.2) is 0 Å². The molecule has 0 aromatic carbocycles. The number of rotatable bonds is 4. The van der Waals surface area contributed by atoms with Gasteiger partial charge < -0.3 is 9.40 Å². The van der Waals surface area contributed by atoms with Crippen molar-refractivity contribution in [1.82, 2.24) is 4.98 Å². The summed E-state index contributed by atoms with van der Waals surface area (Å²) < 4.78 is 5.40. The van der Waals surface area contributed by atoms with Crippen LogP contribution >= 0.6 is 0 Å². The molecule has 2 heteroatoms. The van der Waals surface area contributed by atoms with Gasteiger partial charge in [-0.25, -0.2) is 0 Å². The average molecular weight is 233 g/mol. The normalized spacial score (nSPS) is 9.88. The van der Waals surface area contributed by atoms with Crippen LogP contribution in [0.4, 0.5) is 0 Å². The molecule has 0 aliphatic rings. The second kappa shape index (κ2) is 7.00. The van der Waals surface area contributed by atoms with Crippen molar-refractivity contribution in [2.45, 2.75) is 47.0 Å². The van der Waals surface area contributed by atoms with Crippen LogP contribution in [0, 0.1) is 6.92 Å². The molecule has 94 valence electrons. The van der Waals surface area contributed by atoms with Crippen LogP contribution < -0.4 is 0 Å². The van der Waals surface area contributed by atoms with Gasteiger partial charge in [0.25, 0.3) is 0 Å². The van der Waals surface area contributed by atoms with E-state index in [2.05, 4.69) is 37.0 Å². The van der Waals surface area contributed by atoms with E-state index in [1.807, 2.05) is 20.1 Å². The van der Waals surface area contributed by atoms with Crippen LogP contribution in [0.3, 0.4) is 0 Å². The first-order valence-electron chi connectivity index (χ1n) is 6.48. The molecular weight excluding hydrogens is 210 g/mol. The van der Waals surface area contributed by atoms with Crippen molar-refractivity contribution in [1.29, 1.82) is 0 Å². The minimum Gasteiger partial charge on any atom is -0.469 e. The SMILES string of the molecule is CC.CCc1cc(CCc2ccc(C)[nH]2)co1. The third kappa shape index (κ3) is 4.14. The second-order valence-corrected chi connectivity index (χ2v) is 3.94. The fourth-order valence-electron chi connectivity index (χ4n) is 1.73. The van der Waals surface area contributed by atoms with Crippen molar-refractivity contribution in [3.05, 3.63) is 47.2 Å². The Balaban J connectivity index is 0.000000686. The molecule has 17 heavy (non-hydrogen) atoms. The summed E-state index contributed by atoms with van der Waals surface area (Å²) in [7, 11) is 0. The summed E-state index contributed by atoms with van der Waals surface area (Å²) in [5.74, 6) is 1.08. The third-order valence-electron chi connectivity index (χ3n) is 2.63. The molecule has 0 radical (unpaired) electrons. The zero-order chi connectivity index (χ0) is 12.7. The molecule has 0 saturated heterocycles. The highest BCUT2D eigenvalue weighted by Gasteiger charge is 2.01. The van der Waals surface area contributed by atoms with Gasteiger partial charge in [-0.2, -0.15) is 0 Å². The molecule has 1 N–H and O–H groups in total. The number of hydrogen-bond donors (Lipinski definition) is 1. The van der Waals surface area contributed by atoms with Crippen LogP contribution in [-0.4, -0.2) is 4.98 Å². The highest BCUT2D eigenvalue weighted by Crippen LogP contribution is 2.11. The summed E-state index contributed by atoms with van der Waals surface area (Å²) in [5, 5.41) is 0. The first kappa shape index (κ1) is 13.6. The van der Waals surface area contributed by atoms with Crippen molar-refractivity contribution in [3.8, 4) is 0 Å². The van der Waals surface area contributed by atoms with Gasteiger partial charge in [-0.1, -0.05) is 20.8 Å². The van der Waals surface area contributed by atoms with Crippen molar-refractivity contribution in [2.75, 3.05) is 0 Å². The molecule has 0 unspecified atom stereocenters. The molecule has 0 fully saturated rings. The maximum atomic E-state index is 5.40. The Morgan fingerprint density at radius 1 is 1.18 bits per heavy atom. The lowest BCUT2D eigenvalue weighted by Crippen LogP contribution is -1.89. The molecule has 2 aromatic heterocycles. The van der Waals surface area contributed by atoms with Gasteiger partial charge >= 0.3 is 0 Å². The molecule has 2 aromatic rings. The molecule has 2 nitrogen and oxygen atoms in total. The van der Waals surface area contributed by atoms with Crippen molar-refractivity contribution >= 4 is 0 Å². The van der Waals surface area contributed by atoms with Gasteiger partial charge in [0.1, 0.15) is 5.76 Å². The Labute approximate surface area is 104 Å². The van der Waals surface area contributed by atoms with Gasteiger partial charge in [0, 0.05) is 17.8 Å². The molecule has 2 rings (SSSR count). The molecule has 0 amide bonds. The zero-order valence-electron chi connectivity index (χ0n) is 11.3. The highest BCUT2D eigenvalue weighted by molar-refractivity contribution is 5.17. The van der Waals surface area contributed by atoms with E-state index in [1.165, 1.54) is 17.0 Å². The standard InChI is InChI=1S/C13H17NO.C2H6/c1-3-13-8-11(9-15-13)5-7-12-6-4-10(2)14-12;1-2/h4,6,8-9,14H,3,5,7H2,1-2H3;1-2H3. The number of hydrogen-bond acceptors (Lipinski definition) is 1. The topological polar surface area (TPSA) is 28.9 Å². The average Bonchev–Trinajstić information content (AvgIpc) is 2.98. The minimum absolute atomic E-state index is 0.974. The lowest BCUT2D eigenvalue weighted by Gasteiger charge is -1.94. The summed E-state index contributed by atoms with van der Waals surface area (Å²) in [6.45, 7) is 8.19. The number of aromatic amines is 1. The fourth-order valence-corrected chi connectivity index (χ4v) is 1.73. The fraction of sp³-hybridized carbons (Fsp3) is 0.467. The van der Waals surface area contributed by atoms with E-state index in [-0.39, 0.29) is 0 Å². The Hall–Kier alpha value is -1.44. The predicted octanol–water partition coefficient (Wildman–Crippen LogP) is 4.29. The van der Waals surface area contributed by atoms with E-state index >= 15 is 0 Å². The first-order valence-corrected chi connectivity index (χ1v) is 6.48. The maximum absolute atomic E-state index is 5.40. The monoisotopic (exact) mass is 233 g/mol. The Morgan fingerprint density at radius 3 is 2.47 bits per heavy atom. The molecule has 0 aliphatic carbocycles. The van der Waals surface area contributed by atoms with Gasteiger partial charge in [-0.3, -0.25) is 0 Å². The molecule has 2 heterocycles. The molecular formula is C15H23NO. The molecule has 0 bridgehead atoms. The lowest BCUT2D eigenvalue weighted by molar-refractivity contribution is 0.514. The first-order chi connectivity index (χ1) is 8.28. The smallest absolute Gasteiger partial charge is 0.103 e. The van der Waals surface area contributed by atoms with Crippen LogP contribution in [0.25, 0.3) is 0 Å². The minimum atomic E-state index is 0.974. The van der Waals surface area contributed by atoms with Crippen LogP contribution in [0.1, 0.15) is 43.5 Å². The summed E-state index contributed by atoms with van der Waals surface area (Å²) in [4.78, 5) is 3.34.